The molecule has 1 heterocycles. The van der Waals surface area contributed by atoms with Crippen LogP contribution in [-0.2, 0) is 16.1 Å². The monoisotopic (exact) mass is 239 g/mol. The van der Waals surface area contributed by atoms with Gasteiger partial charge in [-0.1, -0.05) is 13.8 Å². The number of ether oxygens (including phenoxy) is 1. The van der Waals surface area contributed by atoms with E-state index in [2.05, 4.69) is 17.2 Å². The Balaban J connectivity index is 2.88. The van der Waals surface area contributed by atoms with E-state index in [0.717, 1.165) is 18.7 Å². The summed E-state index contributed by atoms with van der Waals surface area (Å²) in [4.78, 5) is 16.0. The highest BCUT2D eigenvalue weighted by Gasteiger charge is 2.23. The molecule has 5 nitrogen and oxygen atoms in total. The Labute approximate surface area is 102 Å². The summed E-state index contributed by atoms with van der Waals surface area (Å²) in [6.45, 7) is 7.83. The van der Waals surface area contributed by atoms with Crippen LogP contribution < -0.4 is 5.32 Å². The molecule has 0 aromatic carbocycles. The van der Waals surface area contributed by atoms with E-state index in [-0.39, 0.29) is 5.97 Å². The van der Waals surface area contributed by atoms with Crippen LogP contribution in [0.25, 0.3) is 0 Å². The molecule has 0 aliphatic rings. The lowest BCUT2D eigenvalue weighted by Gasteiger charge is -2.17. The van der Waals surface area contributed by atoms with Crippen LogP contribution in [0.1, 0.15) is 38.9 Å². The van der Waals surface area contributed by atoms with Gasteiger partial charge in [-0.3, -0.25) is 5.32 Å². The first-order chi connectivity index (χ1) is 8.24. The van der Waals surface area contributed by atoms with Crippen molar-refractivity contribution in [3.05, 3.63) is 18.2 Å². The summed E-state index contributed by atoms with van der Waals surface area (Å²) < 4.78 is 7.06. The van der Waals surface area contributed by atoms with Crippen molar-refractivity contribution in [2.45, 2.75) is 39.8 Å². The molecule has 1 unspecified atom stereocenters. The second-order valence-corrected chi connectivity index (χ2v) is 3.75. The van der Waals surface area contributed by atoms with Crippen LogP contribution in [0, 0.1) is 0 Å². The van der Waals surface area contributed by atoms with E-state index < -0.39 is 6.04 Å². The molecule has 0 saturated heterocycles. The number of imidazole rings is 1. The van der Waals surface area contributed by atoms with Crippen molar-refractivity contribution in [2.24, 2.45) is 0 Å². The second kappa shape index (κ2) is 7.06. The number of esters is 1. The summed E-state index contributed by atoms with van der Waals surface area (Å²) in [6, 6.07) is -0.422. The van der Waals surface area contributed by atoms with Gasteiger partial charge in [-0.2, -0.15) is 0 Å². The fraction of sp³-hybridized carbons (Fsp3) is 0.667. The third-order valence-corrected chi connectivity index (χ3v) is 2.44. The van der Waals surface area contributed by atoms with E-state index >= 15 is 0 Å². The number of hydrogen-bond donors (Lipinski definition) is 1. The Morgan fingerprint density at radius 2 is 2.29 bits per heavy atom. The smallest absolute Gasteiger partial charge is 0.329 e. The number of likely N-dealkylation sites (N-methyl/N-ethyl adjacent to an activating group) is 1. The zero-order chi connectivity index (χ0) is 12.7. The summed E-state index contributed by atoms with van der Waals surface area (Å²) in [5, 5.41) is 3.13. The molecule has 5 heteroatoms. The van der Waals surface area contributed by atoms with Gasteiger partial charge < -0.3 is 9.30 Å². The van der Waals surface area contributed by atoms with Crippen molar-refractivity contribution in [1.29, 1.82) is 0 Å². The quantitative estimate of drug-likeness (QED) is 0.733. The minimum atomic E-state index is -0.422. The lowest BCUT2D eigenvalue weighted by molar-refractivity contribution is -0.146. The number of nitrogens with zero attached hydrogens (tertiary/aromatic N) is 2. The molecule has 0 fully saturated rings. The molecule has 1 aromatic rings. The zero-order valence-corrected chi connectivity index (χ0v) is 10.8. The standard InChI is InChI=1S/C12H21N3O2/c1-4-7-15-9-13-8-10(15)11(14-5-2)12(16)17-6-3/h8-9,11,14H,4-7H2,1-3H3. The minimum absolute atomic E-state index is 0.243. The number of rotatable bonds is 7. The van der Waals surface area contributed by atoms with E-state index in [9.17, 15) is 4.79 Å². The molecular weight excluding hydrogens is 218 g/mol. The Morgan fingerprint density at radius 1 is 1.53 bits per heavy atom. The van der Waals surface area contributed by atoms with Crippen LogP contribution >= 0.6 is 0 Å². The predicted octanol–water partition coefficient (Wildman–Crippen LogP) is 1.51. The molecule has 0 amide bonds. The normalized spacial score (nSPS) is 12.4. The van der Waals surface area contributed by atoms with E-state index in [1.54, 1.807) is 12.5 Å². The fourth-order valence-corrected chi connectivity index (χ4v) is 1.74. The first kappa shape index (κ1) is 13.7. The van der Waals surface area contributed by atoms with Crippen LogP contribution in [0.15, 0.2) is 12.5 Å². The first-order valence-electron chi connectivity index (χ1n) is 6.14. The van der Waals surface area contributed by atoms with Crippen molar-refractivity contribution in [3.8, 4) is 0 Å². The van der Waals surface area contributed by atoms with E-state index in [1.807, 2.05) is 18.4 Å². The fourth-order valence-electron chi connectivity index (χ4n) is 1.74. The summed E-state index contributed by atoms with van der Waals surface area (Å²) in [5.74, 6) is -0.243. The Kier molecular flexibility index (Phi) is 5.69. The first-order valence-corrected chi connectivity index (χ1v) is 6.14. The number of hydrogen-bond acceptors (Lipinski definition) is 4. The van der Waals surface area contributed by atoms with Crippen molar-refractivity contribution >= 4 is 5.97 Å². The zero-order valence-electron chi connectivity index (χ0n) is 10.8. The third kappa shape index (κ3) is 3.56. The Morgan fingerprint density at radius 3 is 2.88 bits per heavy atom. The van der Waals surface area contributed by atoms with Crippen molar-refractivity contribution in [2.75, 3.05) is 13.2 Å². The van der Waals surface area contributed by atoms with E-state index in [0.29, 0.717) is 13.2 Å². The van der Waals surface area contributed by atoms with Crippen molar-refractivity contribution < 1.29 is 9.53 Å². The van der Waals surface area contributed by atoms with Gasteiger partial charge in [0.1, 0.15) is 6.04 Å². The van der Waals surface area contributed by atoms with Crippen LogP contribution in [0.4, 0.5) is 0 Å². The van der Waals surface area contributed by atoms with Gasteiger partial charge in [0.15, 0.2) is 0 Å². The molecule has 1 rings (SSSR count). The molecule has 1 aromatic heterocycles. The summed E-state index contributed by atoms with van der Waals surface area (Å²) in [6.07, 6.45) is 4.48. The number of nitrogens with one attached hydrogen (secondary N) is 1. The highest BCUT2D eigenvalue weighted by Crippen LogP contribution is 2.15. The number of carbonyl (C=O) groups excluding carboxylic acids is 1. The summed E-state index contributed by atoms with van der Waals surface area (Å²) >= 11 is 0. The average Bonchev–Trinajstić information content (AvgIpc) is 2.75. The second-order valence-electron chi connectivity index (χ2n) is 3.75. The molecule has 0 spiro atoms. The minimum Gasteiger partial charge on any atom is -0.465 e. The predicted molar refractivity (Wildman–Crippen MR) is 65.6 cm³/mol. The van der Waals surface area contributed by atoms with Crippen LogP contribution in [0.5, 0.6) is 0 Å². The molecule has 0 bridgehead atoms. The van der Waals surface area contributed by atoms with Crippen LogP contribution in [-0.4, -0.2) is 28.7 Å². The molecule has 17 heavy (non-hydrogen) atoms. The van der Waals surface area contributed by atoms with Crippen molar-refractivity contribution in [3.63, 3.8) is 0 Å². The van der Waals surface area contributed by atoms with Crippen molar-refractivity contribution in [1.82, 2.24) is 14.9 Å². The average molecular weight is 239 g/mol. The van der Waals surface area contributed by atoms with Gasteiger partial charge in [0.2, 0.25) is 0 Å². The molecule has 0 aliphatic heterocycles. The summed E-state index contributed by atoms with van der Waals surface area (Å²) in [7, 11) is 0. The molecular formula is C12H21N3O2. The molecule has 0 radical (unpaired) electrons. The topological polar surface area (TPSA) is 56.2 Å². The lowest BCUT2D eigenvalue weighted by atomic mass is 10.2. The number of aromatic nitrogens is 2. The molecule has 0 saturated carbocycles. The van der Waals surface area contributed by atoms with Gasteiger partial charge in [0.05, 0.1) is 24.8 Å². The molecule has 0 aliphatic carbocycles. The van der Waals surface area contributed by atoms with E-state index in [1.165, 1.54) is 0 Å². The number of carbonyl (C=O) groups is 1. The third-order valence-electron chi connectivity index (χ3n) is 2.44. The molecule has 1 atom stereocenters. The lowest BCUT2D eigenvalue weighted by Crippen LogP contribution is -2.31. The highest BCUT2D eigenvalue weighted by molar-refractivity contribution is 5.77. The van der Waals surface area contributed by atoms with E-state index in [4.69, 9.17) is 4.74 Å². The van der Waals surface area contributed by atoms with Gasteiger partial charge >= 0.3 is 5.97 Å². The Hall–Kier alpha value is -1.36. The van der Waals surface area contributed by atoms with Gasteiger partial charge in [-0.25, -0.2) is 9.78 Å². The Bertz CT molecular complexity index is 349. The number of aryl methyl sites for hydroxylation is 1. The maximum Gasteiger partial charge on any atom is 0.329 e. The van der Waals surface area contributed by atoms with Gasteiger partial charge in [-0.05, 0) is 19.9 Å². The van der Waals surface area contributed by atoms with Gasteiger partial charge in [0, 0.05) is 6.54 Å². The van der Waals surface area contributed by atoms with Gasteiger partial charge in [-0.15, -0.1) is 0 Å². The SMILES string of the molecule is CCCn1cncc1C(NCC)C(=O)OCC. The highest BCUT2D eigenvalue weighted by atomic mass is 16.5. The summed E-state index contributed by atoms with van der Waals surface area (Å²) in [5.41, 5.74) is 0.868. The van der Waals surface area contributed by atoms with Crippen LogP contribution in [0.2, 0.25) is 0 Å². The maximum atomic E-state index is 11.9. The molecule has 1 N–H and O–H groups in total. The molecule has 96 valence electrons. The van der Waals surface area contributed by atoms with Gasteiger partial charge in [0.25, 0.3) is 0 Å². The largest absolute Gasteiger partial charge is 0.465 e. The van der Waals surface area contributed by atoms with Crippen LogP contribution in [0.3, 0.4) is 0 Å². The maximum absolute atomic E-state index is 11.9.